The smallest absolute Gasteiger partial charge is 0.319 e. The first kappa shape index (κ1) is 14.2. The van der Waals surface area contributed by atoms with E-state index < -0.39 is 0 Å². The fourth-order valence-electron chi connectivity index (χ4n) is 2.59. The number of urea groups is 1. The van der Waals surface area contributed by atoms with Gasteiger partial charge in [-0.1, -0.05) is 55.8 Å². The third kappa shape index (κ3) is 4.75. The first-order valence-corrected chi connectivity index (χ1v) is 7.43. The van der Waals surface area contributed by atoms with Gasteiger partial charge in [0.15, 0.2) is 0 Å². The first-order valence-electron chi connectivity index (χ1n) is 7.05. The van der Waals surface area contributed by atoms with Gasteiger partial charge >= 0.3 is 6.03 Å². The number of para-hydroxylation sites is 1. The Morgan fingerprint density at radius 3 is 2.68 bits per heavy atom. The van der Waals surface area contributed by atoms with E-state index in [1.807, 2.05) is 12.1 Å². The van der Waals surface area contributed by atoms with E-state index in [1.54, 1.807) is 12.1 Å². The van der Waals surface area contributed by atoms with Crippen molar-refractivity contribution in [1.82, 2.24) is 5.32 Å². The molecular formula is C15H21ClN2O. The predicted molar refractivity (Wildman–Crippen MR) is 79.7 cm³/mol. The number of carbonyl (C=O) groups is 1. The molecule has 2 N–H and O–H groups in total. The molecular weight excluding hydrogens is 260 g/mol. The topological polar surface area (TPSA) is 41.1 Å². The molecule has 1 aromatic rings. The van der Waals surface area contributed by atoms with E-state index >= 15 is 0 Å². The molecule has 1 fully saturated rings. The van der Waals surface area contributed by atoms with Crippen molar-refractivity contribution in [3.63, 3.8) is 0 Å². The van der Waals surface area contributed by atoms with Crippen LogP contribution in [0.3, 0.4) is 0 Å². The Hall–Kier alpha value is -1.22. The van der Waals surface area contributed by atoms with Crippen LogP contribution in [0.5, 0.6) is 0 Å². The Bertz CT molecular complexity index is 416. The minimum atomic E-state index is -0.177. The van der Waals surface area contributed by atoms with Crippen molar-refractivity contribution < 1.29 is 4.79 Å². The molecule has 104 valence electrons. The summed E-state index contributed by atoms with van der Waals surface area (Å²) in [6.07, 6.45) is 7.77. The summed E-state index contributed by atoms with van der Waals surface area (Å²) >= 11 is 5.98. The molecule has 1 aromatic carbocycles. The number of carbonyl (C=O) groups excluding carboxylic acids is 1. The van der Waals surface area contributed by atoms with Crippen LogP contribution in [0, 0.1) is 5.92 Å². The van der Waals surface area contributed by atoms with Crippen LogP contribution in [0.25, 0.3) is 0 Å². The molecule has 4 heteroatoms. The lowest BCUT2D eigenvalue weighted by Crippen LogP contribution is -2.30. The van der Waals surface area contributed by atoms with E-state index in [1.165, 1.54) is 32.1 Å². The van der Waals surface area contributed by atoms with Crippen molar-refractivity contribution in [2.75, 3.05) is 11.9 Å². The van der Waals surface area contributed by atoms with Crippen molar-refractivity contribution in [1.29, 1.82) is 0 Å². The SMILES string of the molecule is O=C(NCCC1CCCCC1)Nc1ccccc1Cl. The fraction of sp³-hybridized carbons (Fsp3) is 0.533. The summed E-state index contributed by atoms with van der Waals surface area (Å²) in [6, 6.07) is 7.07. The van der Waals surface area contributed by atoms with Gasteiger partial charge in [0, 0.05) is 6.54 Å². The third-order valence-corrected chi connectivity index (χ3v) is 4.01. The summed E-state index contributed by atoms with van der Waals surface area (Å²) in [6.45, 7) is 0.737. The molecule has 19 heavy (non-hydrogen) atoms. The summed E-state index contributed by atoms with van der Waals surface area (Å²) in [7, 11) is 0. The Labute approximate surface area is 119 Å². The van der Waals surface area contributed by atoms with Gasteiger partial charge in [-0.3, -0.25) is 0 Å². The second kappa shape index (κ2) is 7.39. The van der Waals surface area contributed by atoms with Crippen LogP contribution in [-0.4, -0.2) is 12.6 Å². The summed E-state index contributed by atoms with van der Waals surface area (Å²) in [5, 5.41) is 6.22. The number of nitrogens with one attached hydrogen (secondary N) is 2. The fourth-order valence-corrected chi connectivity index (χ4v) is 2.78. The summed E-state index contributed by atoms with van der Waals surface area (Å²) < 4.78 is 0. The average Bonchev–Trinajstić information content (AvgIpc) is 2.43. The molecule has 0 radical (unpaired) electrons. The van der Waals surface area contributed by atoms with Gasteiger partial charge in [0.2, 0.25) is 0 Å². The van der Waals surface area contributed by atoms with Gasteiger partial charge in [-0.05, 0) is 24.5 Å². The number of anilines is 1. The van der Waals surface area contributed by atoms with Gasteiger partial charge in [-0.15, -0.1) is 0 Å². The molecule has 0 bridgehead atoms. The molecule has 1 aliphatic carbocycles. The van der Waals surface area contributed by atoms with Gasteiger partial charge in [0.25, 0.3) is 0 Å². The highest BCUT2D eigenvalue weighted by molar-refractivity contribution is 6.33. The second-order valence-corrected chi connectivity index (χ2v) is 5.56. The van der Waals surface area contributed by atoms with Crippen molar-refractivity contribution in [3.8, 4) is 0 Å². The monoisotopic (exact) mass is 280 g/mol. The lowest BCUT2D eigenvalue weighted by Gasteiger charge is -2.21. The van der Waals surface area contributed by atoms with Crippen molar-refractivity contribution in [2.24, 2.45) is 5.92 Å². The zero-order chi connectivity index (χ0) is 13.5. The van der Waals surface area contributed by atoms with E-state index in [4.69, 9.17) is 11.6 Å². The highest BCUT2D eigenvalue weighted by atomic mass is 35.5. The largest absolute Gasteiger partial charge is 0.338 e. The Morgan fingerprint density at radius 1 is 1.21 bits per heavy atom. The number of hydrogen-bond donors (Lipinski definition) is 2. The molecule has 0 unspecified atom stereocenters. The van der Waals surface area contributed by atoms with Crippen LogP contribution in [-0.2, 0) is 0 Å². The highest BCUT2D eigenvalue weighted by Gasteiger charge is 2.13. The molecule has 0 aromatic heterocycles. The molecule has 0 saturated heterocycles. The number of benzene rings is 1. The number of hydrogen-bond acceptors (Lipinski definition) is 1. The van der Waals surface area contributed by atoms with E-state index in [9.17, 15) is 4.79 Å². The maximum absolute atomic E-state index is 11.7. The molecule has 3 nitrogen and oxygen atoms in total. The zero-order valence-corrected chi connectivity index (χ0v) is 11.9. The Morgan fingerprint density at radius 2 is 1.95 bits per heavy atom. The van der Waals surface area contributed by atoms with Gasteiger partial charge < -0.3 is 10.6 Å². The van der Waals surface area contributed by atoms with Crippen LogP contribution < -0.4 is 10.6 Å². The highest BCUT2D eigenvalue weighted by Crippen LogP contribution is 2.25. The number of amides is 2. The van der Waals surface area contributed by atoms with E-state index in [0.717, 1.165) is 18.9 Å². The molecule has 1 aliphatic rings. The maximum Gasteiger partial charge on any atom is 0.319 e. The van der Waals surface area contributed by atoms with E-state index in [0.29, 0.717) is 10.7 Å². The Balaban J connectivity index is 1.68. The molecule has 0 atom stereocenters. The van der Waals surface area contributed by atoms with Crippen LogP contribution in [0.1, 0.15) is 38.5 Å². The van der Waals surface area contributed by atoms with Crippen molar-refractivity contribution >= 4 is 23.3 Å². The van der Waals surface area contributed by atoms with Crippen LogP contribution >= 0.6 is 11.6 Å². The molecule has 0 aliphatic heterocycles. The van der Waals surface area contributed by atoms with E-state index in [2.05, 4.69) is 10.6 Å². The zero-order valence-electron chi connectivity index (χ0n) is 11.1. The summed E-state index contributed by atoms with van der Waals surface area (Å²) in [4.78, 5) is 11.7. The minimum absolute atomic E-state index is 0.177. The Kier molecular flexibility index (Phi) is 5.52. The van der Waals surface area contributed by atoms with Gasteiger partial charge in [-0.2, -0.15) is 0 Å². The van der Waals surface area contributed by atoms with Crippen LogP contribution in [0.15, 0.2) is 24.3 Å². The minimum Gasteiger partial charge on any atom is -0.338 e. The van der Waals surface area contributed by atoms with Gasteiger partial charge in [0.05, 0.1) is 10.7 Å². The van der Waals surface area contributed by atoms with Crippen LogP contribution in [0.2, 0.25) is 5.02 Å². The van der Waals surface area contributed by atoms with Gasteiger partial charge in [0.1, 0.15) is 0 Å². The van der Waals surface area contributed by atoms with Crippen molar-refractivity contribution in [3.05, 3.63) is 29.3 Å². The standard InChI is InChI=1S/C15H21ClN2O/c16-13-8-4-5-9-14(13)18-15(19)17-11-10-12-6-2-1-3-7-12/h4-5,8-9,12H,1-3,6-7,10-11H2,(H2,17,18,19). The lowest BCUT2D eigenvalue weighted by molar-refractivity contribution is 0.250. The maximum atomic E-state index is 11.7. The van der Waals surface area contributed by atoms with Crippen LogP contribution in [0.4, 0.5) is 10.5 Å². The quantitative estimate of drug-likeness (QED) is 0.841. The third-order valence-electron chi connectivity index (χ3n) is 3.68. The molecule has 1 saturated carbocycles. The lowest BCUT2D eigenvalue weighted by atomic mass is 9.87. The normalized spacial score (nSPS) is 16.1. The summed E-state index contributed by atoms with van der Waals surface area (Å²) in [5.41, 5.74) is 0.652. The average molecular weight is 281 g/mol. The van der Waals surface area contributed by atoms with E-state index in [-0.39, 0.29) is 6.03 Å². The molecule has 0 heterocycles. The second-order valence-electron chi connectivity index (χ2n) is 5.15. The van der Waals surface area contributed by atoms with Gasteiger partial charge in [-0.25, -0.2) is 4.79 Å². The number of rotatable bonds is 4. The first-order chi connectivity index (χ1) is 9.25. The predicted octanol–water partition coefficient (Wildman–Crippen LogP) is 4.43. The van der Waals surface area contributed by atoms with Crippen molar-refractivity contribution in [2.45, 2.75) is 38.5 Å². The molecule has 2 amide bonds. The number of halogens is 1. The molecule has 2 rings (SSSR count). The molecule has 0 spiro atoms. The summed E-state index contributed by atoms with van der Waals surface area (Å²) in [5.74, 6) is 0.786.